The average Bonchev–Trinajstić information content (AvgIpc) is 2.88. The van der Waals surface area contributed by atoms with Crippen LogP contribution in [0.2, 0.25) is 5.02 Å². The Morgan fingerprint density at radius 3 is 2.29 bits per heavy atom. The third-order valence-electron chi connectivity index (χ3n) is 6.28. The molecule has 0 spiro atoms. The van der Waals surface area contributed by atoms with Gasteiger partial charge in [0.05, 0.1) is 44.2 Å². The Bertz CT molecular complexity index is 957. The first-order valence-corrected chi connectivity index (χ1v) is 12.3. The van der Waals surface area contributed by atoms with Gasteiger partial charge in [0, 0.05) is 30.8 Å². The van der Waals surface area contributed by atoms with Gasteiger partial charge in [-0.1, -0.05) is 11.6 Å². The van der Waals surface area contributed by atoms with Crippen LogP contribution in [0.4, 0.5) is 5.69 Å². The highest BCUT2D eigenvalue weighted by Crippen LogP contribution is 2.29. The van der Waals surface area contributed by atoms with E-state index in [1.54, 1.807) is 26.4 Å². The molecule has 1 amide bonds. The summed E-state index contributed by atoms with van der Waals surface area (Å²) in [5.74, 6) is 2.87. The second-order valence-electron chi connectivity index (χ2n) is 8.67. The number of piperidine rings is 1. The van der Waals surface area contributed by atoms with Gasteiger partial charge in [-0.15, -0.1) is 0 Å². The third-order valence-corrected chi connectivity index (χ3v) is 6.61. The quantitative estimate of drug-likeness (QED) is 0.329. The van der Waals surface area contributed by atoms with Crippen LogP contribution in [0, 0.1) is 5.92 Å². The Balaban J connectivity index is 1.33. The summed E-state index contributed by atoms with van der Waals surface area (Å²) in [4.78, 5) is 15.1. The predicted molar refractivity (Wildman–Crippen MR) is 138 cm³/mol. The number of nitrogens with zero attached hydrogens (tertiary/aromatic N) is 1. The summed E-state index contributed by atoms with van der Waals surface area (Å²) in [7, 11) is 4.77. The van der Waals surface area contributed by atoms with E-state index in [-0.39, 0.29) is 5.91 Å². The fourth-order valence-corrected chi connectivity index (χ4v) is 4.32. The Morgan fingerprint density at radius 2 is 1.66 bits per heavy atom. The van der Waals surface area contributed by atoms with Crippen molar-refractivity contribution in [1.82, 2.24) is 10.2 Å². The Kier molecular flexibility index (Phi) is 10.2. The minimum atomic E-state index is -0.195. The highest BCUT2D eigenvalue weighted by molar-refractivity contribution is 6.33. The van der Waals surface area contributed by atoms with Crippen LogP contribution in [0.25, 0.3) is 0 Å². The maximum Gasteiger partial charge on any atom is 0.255 e. The summed E-state index contributed by atoms with van der Waals surface area (Å²) >= 11 is 6.08. The van der Waals surface area contributed by atoms with Gasteiger partial charge in [-0.05, 0) is 57.3 Å². The number of unbranched alkanes of at least 4 members (excludes halogenated alkanes) is 1. The summed E-state index contributed by atoms with van der Waals surface area (Å²) in [6.07, 6.45) is 4.15. The number of carbonyl (C=O) groups excluding carboxylic acids is 1. The average molecular weight is 506 g/mol. The van der Waals surface area contributed by atoms with Gasteiger partial charge in [0.15, 0.2) is 0 Å². The fourth-order valence-electron chi connectivity index (χ4n) is 4.15. The minimum Gasteiger partial charge on any atom is -0.496 e. The Morgan fingerprint density at radius 1 is 1.00 bits per heavy atom. The molecule has 1 aliphatic heterocycles. The first-order valence-electron chi connectivity index (χ1n) is 11.9. The van der Waals surface area contributed by atoms with E-state index in [2.05, 4.69) is 10.2 Å². The van der Waals surface area contributed by atoms with Crippen molar-refractivity contribution in [3.63, 3.8) is 0 Å². The largest absolute Gasteiger partial charge is 0.496 e. The monoisotopic (exact) mass is 505 g/mol. The molecule has 2 aromatic rings. The molecular weight excluding hydrogens is 470 g/mol. The van der Waals surface area contributed by atoms with Crippen molar-refractivity contribution in [2.24, 2.45) is 5.92 Å². The number of nitrogen functional groups attached to an aromatic ring is 1. The number of hydrogen-bond donors (Lipinski definition) is 2. The van der Waals surface area contributed by atoms with Crippen LogP contribution in [-0.4, -0.2) is 64.9 Å². The smallest absolute Gasteiger partial charge is 0.255 e. The molecule has 0 unspecified atom stereocenters. The van der Waals surface area contributed by atoms with Crippen LogP contribution >= 0.6 is 11.6 Å². The van der Waals surface area contributed by atoms with Crippen LogP contribution in [0.1, 0.15) is 36.0 Å². The van der Waals surface area contributed by atoms with E-state index in [4.69, 9.17) is 36.3 Å². The molecule has 0 bridgehead atoms. The van der Waals surface area contributed by atoms with E-state index in [0.717, 1.165) is 62.6 Å². The number of nitrogens with one attached hydrogen (secondary N) is 1. The van der Waals surface area contributed by atoms with Gasteiger partial charge in [-0.2, -0.15) is 0 Å². The van der Waals surface area contributed by atoms with Crippen LogP contribution in [0.5, 0.6) is 23.0 Å². The molecule has 0 aromatic heterocycles. The SMILES string of the molecule is COc1cc(OC)cc(OCCCCN2CCC(CNC(=O)c3cc(Cl)c(N)cc3OC)CC2)c1. The number of likely N-dealkylation sites (tertiary alicyclic amines) is 1. The normalized spacial score (nSPS) is 14.4. The lowest BCUT2D eigenvalue weighted by Crippen LogP contribution is -2.39. The van der Waals surface area contributed by atoms with Crippen LogP contribution in [-0.2, 0) is 0 Å². The molecule has 9 heteroatoms. The van der Waals surface area contributed by atoms with Crippen molar-refractivity contribution in [3.05, 3.63) is 40.9 Å². The van der Waals surface area contributed by atoms with Gasteiger partial charge in [0.2, 0.25) is 0 Å². The number of carbonyl (C=O) groups is 1. The van der Waals surface area contributed by atoms with Crippen LogP contribution in [0.3, 0.4) is 0 Å². The fraction of sp³-hybridized carbons (Fsp3) is 0.500. The van der Waals surface area contributed by atoms with Gasteiger partial charge in [-0.25, -0.2) is 0 Å². The lowest BCUT2D eigenvalue weighted by molar-refractivity contribution is 0.0933. The molecule has 0 radical (unpaired) electrons. The molecule has 3 N–H and O–H groups in total. The van der Waals surface area contributed by atoms with Gasteiger partial charge >= 0.3 is 0 Å². The maximum absolute atomic E-state index is 12.6. The van der Waals surface area contributed by atoms with Crippen LogP contribution < -0.4 is 30.0 Å². The molecule has 8 nitrogen and oxygen atoms in total. The number of amides is 1. The van der Waals surface area contributed by atoms with Crippen molar-refractivity contribution < 1.29 is 23.7 Å². The maximum atomic E-state index is 12.6. The summed E-state index contributed by atoms with van der Waals surface area (Å²) < 4.78 is 21.7. The predicted octanol–water partition coefficient (Wildman–Crippen LogP) is 4.25. The van der Waals surface area contributed by atoms with Crippen LogP contribution in [0.15, 0.2) is 30.3 Å². The van der Waals surface area contributed by atoms with Crippen molar-refractivity contribution in [3.8, 4) is 23.0 Å². The van der Waals surface area contributed by atoms with E-state index < -0.39 is 0 Å². The number of anilines is 1. The molecule has 0 saturated carbocycles. The molecule has 35 heavy (non-hydrogen) atoms. The Labute approximate surface area is 212 Å². The molecule has 2 aromatic carbocycles. The third kappa shape index (κ3) is 7.83. The molecule has 1 heterocycles. The lowest BCUT2D eigenvalue weighted by atomic mass is 9.96. The van der Waals surface area contributed by atoms with Crippen molar-refractivity contribution in [2.75, 3.05) is 59.8 Å². The number of methoxy groups -OCH3 is 3. The van der Waals surface area contributed by atoms with Crippen molar-refractivity contribution in [2.45, 2.75) is 25.7 Å². The summed E-state index contributed by atoms with van der Waals surface area (Å²) in [5, 5.41) is 3.37. The highest BCUT2D eigenvalue weighted by atomic mass is 35.5. The molecular formula is C26H36ClN3O5. The van der Waals surface area contributed by atoms with Crippen molar-refractivity contribution >= 4 is 23.2 Å². The van der Waals surface area contributed by atoms with E-state index in [0.29, 0.717) is 41.1 Å². The number of hydrogen-bond acceptors (Lipinski definition) is 7. The zero-order valence-electron chi connectivity index (χ0n) is 20.8. The molecule has 192 valence electrons. The molecule has 0 atom stereocenters. The van der Waals surface area contributed by atoms with Crippen molar-refractivity contribution in [1.29, 1.82) is 0 Å². The zero-order valence-corrected chi connectivity index (χ0v) is 21.5. The summed E-state index contributed by atoms with van der Waals surface area (Å²) in [6, 6.07) is 8.69. The summed E-state index contributed by atoms with van der Waals surface area (Å²) in [6.45, 7) is 4.40. The number of rotatable bonds is 12. The van der Waals surface area contributed by atoms with E-state index in [9.17, 15) is 4.79 Å². The number of nitrogens with two attached hydrogens (primary N) is 1. The second-order valence-corrected chi connectivity index (χ2v) is 9.08. The van der Waals surface area contributed by atoms with Gasteiger partial charge in [-0.3, -0.25) is 4.79 Å². The van der Waals surface area contributed by atoms with Gasteiger partial charge in [0.1, 0.15) is 23.0 Å². The van der Waals surface area contributed by atoms with E-state index in [1.807, 2.05) is 18.2 Å². The first kappa shape index (κ1) is 26.8. The molecule has 3 rings (SSSR count). The van der Waals surface area contributed by atoms with Gasteiger partial charge in [0.25, 0.3) is 5.91 Å². The lowest BCUT2D eigenvalue weighted by Gasteiger charge is -2.32. The number of benzene rings is 2. The highest BCUT2D eigenvalue weighted by Gasteiger charge is 2.21. The Hall–Kier alpha value is -2.84. The minimum absolute atomic E-state index is 0.195. The molecule has 1 fully saturated rings. The van der Waals surface area contributed by atoms with Gasteiger partial charge < -0.3 is 34.9 Å². The molecule has 1 saturated heterocycles. The first-order chi connectivity index (χ1) is 16.9. The standard InChI is InChI=1S/C26H36ClN3O5/c1-32-19-12-20(33-2)14-21(13-19)35-11-5-4-8-30-9-6-18(7-10-30)17-29-26(31)22-15-23(27)24(28)16-25(22)34-3/h12-16,18H,4-11,17,28H2,1-3H3,(H,29,31). The van der Waals surface area contributed by atoms with E-state index >= 15 is 0 Å². The van der Waals surface area contributed by atoms with E-state index in [1.165, 1.54) is 7.11 Å². The molecule has 0 aliphatic carbocycles. The number of ether oxygens (including phenoxy) is 4. The second kappa shape index (κ2) is 13.3. The zero-order chi connectivity index (χ0) is 25.2. The number of halogens is 1. The topological polar surface area (TPSA) is 95.3 Å². The molecule has 1 aliphatic rings. The summed E-state index contributed by atoms with van der Waals surface area (Å²) in [5.41, 5.74) is 6.59.